The minimum absolute atomic E-state index is 0.118. The van der Waals surface area contributed by atoms with E-state index in [-0.39, 0.29) is 4.90 Å². The topological polar surface area (TPSA) is 71.3 Å². The van der Waals surface area contributed by atoms with Crippen molar-refractivity contribution >= 4 is 27.3 Å². The third-order valence-electron chi connectivity index (χ3n) is 3.02. The van der Waals surface area contributed by atoms with Crippen molar-refractivity contribution < 1.29 is 12.8 Å². The van der Waals surface area contributed by atoms with Crippen LogP contribution >= 0.6 is 11.6 Å². The predicted molar refractivity (Wildman–Crippen MR) is 83.2 cm³/mol. The van der Waals surface area contributed by atoms with Crippen LogP contribution < -0.4 is 10.0 Å². The van der Waals surface area contributed by atoms with Gasteiger partial charge in [0, 0.05) is 6.07 Å². The molecule has 0 bridgehead atoms. The number of anilines is 1. The van der Waals surface area contributed by atoms with Crippen molar-refractivity contribution in [3.8, 4) is 0 Å². The fourth-order valence-electron chi connectivity index (χ4n) is 2.00. The van der Waals surface area contributed by atoms with Crippen molar-refractivity contribution in [3.05, 3.63) is 46.4 Å². The third-order valence-corrected chi connectivity index (χ3v) is 4.79. The summed E-state index contributed by atoms with van der Waals surface area (Å²) >= 11 is 6.06. The summed E-state index contributed by atoms with van der Waals surface area (Å²) < 4.78 is 32.9. The first-order chi connectivity index (χ1) is 9.85. The van der Waals surface area contributed by atoms with Gasteiger partial charge in [-0.2, -0.15) is 0 Å². The smallest absolute Gasteiger partial charge is 0.265 e. The molecular formula is C14H17ClN2O3S. The molecule has 2 aromatic rings. The summed E-state index contributed by atoms with van der Waals surface area (Å²) in [5.41, 5.74) is 1.14. The summed E-state index contributed by atoms with van der Waals surface area (Å²) in [4.78, 5) is 0.118. The van der Waals surface area contributed by atoms with Gasteiger partial charge in [-0.3, -0.25) is 4.72 Å². The Morgan fingerprint density at radius 1 is 1.29 bits per heavy atom. The summed E-state index contributed by atoms with van der Waals surface area (Å²) in [5.74, 6) is 0.906. The molecule has 0 aliphatic heterocycles. The first kappa shape index (κ1) is 15.9. The number of nitrogens with one attached hydrogen (secondary N) is 2. The maximum absolute atomic E-state index is 12.5. The second-order valence-corrected chi connectivity index (χ2v) is 6.76. The van der Waals surface area contributed by atoms with Crippen molar-refractivity contribution in [2.45, 2.75) is 25.3 Å². The summed E-state index contributed by atoms with van der Waals surface area (Å²) in [6.07, 6.45) is 0. The lowest BCUT2D eigenvalue weighted by molar-refractivity contribution is 0.466. The number of hydrogen-bond donors (Lipinski definition) is 2. The number of rotatable bonds is 5. The van der Waals surface area contributed by atoms with Crippen molar-refractivity contribution in [3.63, 3.8) is 0 Å². The number of benzene rings is 1. The van der Waals surface area contributed by atoms with Crippen LogP contribution in [0.4, 0.5) is 5.69 Å². The molecule has 0 aliphatic rings. The first-order valence-electron chi connectivity index (χ1n) is 6.37. The lowest BCUT2D eigenvalue weighted by Crippen LogP contribution is -2.14. The second-order valence-electron chi connectivity index (χ2n) is 4.70. The van der Waals surface area contributed by atoms with Crippen molar-refractivity contribution in [1.29, 1.82) is 0 Å². The van der Waals surface area contributed by atoms with Crippen LogP contribution in [0.1, 0.15) is 17.1 Å². The minimum atomic E-state index is -3.74. The van der Waals surface area contributed by atoms with E-state index in [0.29, 0.717) is 28.8 Å². The molecule has 1 aromatic carbocycles. The van der Waals surface area contributed by atoms with E-state index in [1.54, 1.807) is 39.1 Å². The number of halogens is 1. The maximum atomic E-state index is 12.5. The molecule has 21 heavy (non-hydrogen) atoms. The molecule has 0 unspecified atom stereocenters. The van der Waals surface area contributed by atoms with Gasteiger partial charge in [0.05, 0.1) is 17.3 Å². The molecule has 1 heterocycles. The Morgan fingerprint density at radius 2 is 2.00 bits per heavy atom. The van der Waals surface area contributed by atoms with Crippen LogP contribution in [0, 0.1) is 13.8 Å². The predicted octanol–water partition coefficient (Wildman–Crippen LogP) is 3.07. The summed E-state index contributed by atoms with van der Waals surface area (Å²) in [6.45, 7) is 3.87. The van der Waals surface area contributed by atoms with Gasteiger partial charge in [0.2, 0.25) is 0 Å². The van der Waals surface area contributed by atoms with Gasteiger partial charge in [0.1, 0.15) is 16.4 Å². The van der Waals surface area contributed by atoms with Crippen molar-refractivity contribution in [1.82, 2.24) is 5.32 Å². The Labute approximate surface area is 129 Å². The summed E-state index contributed by atoms with van der Waals surface area (Å²) in [6, 6.07) is 6.71. The normalized spacial score (nSPS) is 11.6. The largest absolute Gasteiger partial charge is 0.464 e. The molecule has 0 saturated carbocycles. The summed E-state index contributed by atoms with van der Waals surface area (Å²) in [7, 11) is -1.98. The molecule has 0 amide bonds. The highest BCUT2D eigenvalue weighted by molar-refractivity contribution is 7.92. The zero-order valence-corrected chi connectivity index (χ0v) is 13.6. The number of aryl methyl sites for hydroxylation is 2. The van der Waals surface area contributed by atoms with Crippen LogP contribution in [-0.4, -0.2) is 15.5 Å². The quantitative estimate of drug-likeness (QED) is 0.884. The Bertz CT molecular complexity index is 733. The molecule has 0 radical (unpaired) electrons. The van der Waals surface area contributed by atoms with Gasteiger partial charge in [0.25, 0.3) is 10.0 Å². The van der Waals surface area contributed by atoms with E-state index in [4.69, 9.17) is 16.0 Å². The van der Waals surface area contributed by atoms with Gasteiger partial charge in [-0.05, 0) is 32.5 Å². The molecule has 0 aliphatic carbocycles. The van der Waals surface area contributed by atoms with E-state index in [0.717, 1.165) is 5.56 Å². The fourth-order valence-corrected chi connectivity index (χ4v) is 3.68. The average Bonchev–Trinajstić information content (AvgIpc) is 2.76. The molecule has 2 rings (SSSR count). The Kier molecular flexibility index (Phi) is 4.61. The van der Waals surface area contributed by atoms with E-state index in [1.807, 2.05) is 0 Å². The Balaban J connectivity index is 2.39. The maximum Gasteiger partial charge on any atom is 0.265 e. The van der Waals surface area contributed by atoms with Crippen molar-refractivity contribution in [2.24, 2.45) is 0 Å². The minimum Gasteiger partial charge on any atom is -0.464 e. The van der Waals surface area contributed by atoms with Gasteiger partial charge in [-0.15, -0.1) is 0 Å². The zero-order valence-electron chi connectivity index (χ0n) is 12.0. The number of sulfonamides is 1. The van der Waals surface area contributed by atoms with Crippen LogP contribution in [0.3, 0.4) is 0 Å². The third kappa shape index (κ3) is 3.40. The lowest BCUT2D eigenvalue weighted by Gasteiger charge is -2.11. The van der Waals surface area contributed by atoms with Gasteiger partial charge in [-0.25, -0.2) is 8.42 Å². The standard InChI is InChI=1S/C14H17ClN2O3S/c1-9-5-4-6-12(15)14(9)17-21(18,19)13-7-11(8-16-3)20-10(13)2/h4-7,16-17H,8H2,1-3H3. The van der Waals surface area contributed by atoms with Crippen molar-refractivity contribution in [2.75, 3.05) is 11.8 Å². The molecule has 114 valence electrons. The number of furan rings is 1. The number of para-hydroxylation sites is 1. The highest BCUT2D eigenvalue weighted by atomic mass is 35.5. The van der Waals surface area contributed by atoms with Gasteiger partial charge < -0.3 is 9.73 Å². The second kappa shape index (κ2) is 6.09. The molecular weight excluding hydrogens is 312 g/mol. The van der Waals surface area contributed by atoms with E-state index >= 15 is 0 Å². The van der Waals surface area contributed by atoms with E-state index in [9.17, 15) is 8.42 Å². The van der Waals surface area contributed by atoms with E-state index in [1.165, 1.54) is 6.07 Å². The van der Waals surface area contributed by atoms with Crippen LogP contribution in [0.5, 0.6) is 0 Å². The molecule has 0 fully saturated rings. The molecule has 7 heteroatoms. The molecule has 5 nitrogen and oxygen atoms in total. The zero-order chi connectivity index (χ0) is 15.6. The number of hydrogen-bond acceptors (Lipinski definition) is 4. The molecule has 0 atom stereocenters. The van der Waals surface area contributed by atoms with Crippen LogP contribution in [0.15, 0.2) is 33.6 Å². The first-order valence-corrected chi connectivity index (χ1v) is 8.23. The average molecular weight is 329 g/mol. The van der Waals surface area contributed by atoms with Crippen LogP contribution in [0.25, 0.3) is 0 Å². The van der Waals surface area contributed by atoms with Gasteiger partial charge in [0.15, 0.2) is 0 Å². The molecule has 0 spiro atoms. The lowest BCUT2D eigenvalue weighted by atomic mass is 10.2. The van der Waals surface area contributed by atoms with E-state index in [2.05, 4.69) is 10.0 Å². The molecule has 2 N–H and O–H groups in total. The van der Waals surface area contributed by atoms with Gasteiger partial charge >= 0.3 is 0 Å². The molecule has 0 saturated heterocycles. The SMILES string of the molecule is CNCc1cc(S(=O)(=O)Nc2c(C)cccc2Cl)c(C)o1. The monoisotopic (exact) mass is 328 g/mol. The van der Waals surface area contributed by atoms with E-state index < -0.39 is 10.0 Å². The highest BCUT2D eigenvalue weighted by Crippen LogP contribution is 2.29. The Hall–Kier alpha value is -1.50. The molecule has 1 aromatic heterocycles. The van der Waals surface area contributed by atoms with Crippen LogP contribution in [-0.2, 0) is 16.6 Å². The summed E-state index contributed by atoms with van der Waals surface area (Å²) in [5, 5.41) is 3.27. The van der Waals surface area contributed by atoms with Crippen LogP contribution in [0.2, 0.25) is 5.02 Å². The highest BCUT2D eigenvalue weighted by Gasteiger charge is 2.23. The Morgan fingerprint density at radius 3 is 2.62 bits per heavy atom. The fraction of sp³-hybridized carbons (Fsp3) is 0.286. The van der Waals surface area contributed by atoms with Gasteiger partial charge in [-0.1, -0.05) is 23.7 Å².